The fourth-order valence-corrected chi connectivity index (χ4v) is 2.76. The minimum Gasteiger partial charge on any atom is -0.453 e. The lowest BCUT2D eigenvalue weighted by Crippen LogP contribution is -2.38. The molecule has 0 saturated heterocycles. The van der Waals surface area contributed by atoms with Gasteiger partial charge in [-0.1, -0.05) is 13.3 Å². The Morgan fingerprint density at radius 3 is 2.71 bits per heavy atom. The molecule has 1 atom stereocenters. The predicted octanol–water partition coefficient (Wildman–Crippen LogP) is 3.16. The quantitative estimate of drug-likeness (QED) is 0.877. The maximum Gasteiger partial charge on any atom is 0.169 e. The van der Waals surface area contributed by atoms with Crippen molar-refractivity contribution in [1.82, 2.24) is 4.90 Å². The molecule has 96 valence electrons. The molecule has 1 unspecified atom stereocenters. The van der Waals surface area contributed by atoms with Crippen LogP contribution in [0.4, 0.5) is 0 Å². The van der Waals surface area contributed by atoms with Crippen molar-refractivity contribution in [2.75, 3.05) is 19.6 Å². The molecule has 0 radical (unpaired) electrons. The second kappa shape index (κ2) is 6.03. The molecule has 1 saturated carbocycles. The highest BCUT2D eigenvalue weighted by molar-refractivity contribution is 9.10. The zero-order chi connectivity index (χ0) is 12.3. The van der Waals surface area contributed by atoms with E-state index in [1.807, 2.05) is 12.1 Å². The Balaban J connectivity index is 2.03. The summed E-state index contributed by atoms with van der Waals surface area (Å²) >= 11 is 3.35. The second-order valence-electron chi connectivity index (χ2n) is 4.78. The highest BCUT2D eigenvalue weighted by Gasteiger charge is 2.26. The van der Waals surface area contributed by atoms with Crippen molar-refractivity contribution in [1.29, 1.82) is 0 Å². The fraction of sp³-hybridized carbons (Fsp3) is 0.692. The minimum absolute atomic E-state index is 0.215. The van der Waals surface area contributed by atoms with E-state index in [-0.39, 0.29) is 6.04 Å². The lowest BCUT2D eigenvalue weighted by Gasteiger charge is -2.35. The lowest BCUT2D eigenvalue weighted by atomic mass is 9.85. The number of halogens is 1. The molecular formula is C13H21BrN2O. The van der Waals surface area contributed by atoms with E-state index in [0.29, 0.717) is 6.54 Å². The van der Waals surface area contributed by atoms with Crippen LogP contribution in [0.5, 0.6) is 0 Å². The average Bonchev–Trinajstić information content (AvgIpc) is 2.68. The largest absolute Gasteiger partial charge is 0.453 e. The van der Waals surface area contributed by atoms with Gasteiger partial charge in [0.05, 0.1) is 6.04 Å². The van der Waals surface area contributed by atoms with Gasteiger partial charge >= 0.3 is 0 Å². The van der Waals surface area contributed by atoms with Crippen molar-refractivity contribution in [2.45, 2.75) is 32.2 Å². The smallest absolute Gasteiger partial charge is 0.169 e. The first-order valence-electron chi connectivity index (χ1n) is 6.44. The van der Waals surface area contributed by atoms with Crippen LogP contribution in [0.2, 0.25) is 0 Å². The molecule has 0 amide bonds. The maximum absolute atomic E-state index is 5.91. The number of hydrogen-bond donors (Lipinski definition) is 1. The normalized spacial score (nSPS) is 18.4. The van der Waals surface area contributed by atoms with Crippen LogP contribution in [0.15, 0.2) is 21.2 Å². The zero-order valence-electron chi connectivity index (χ0n) is 10.4. The molecule has 1 heterocycles. The first-order valence-corrected chi connectivity index (χ1v) is 7.23. The van der Waals surface area contributed by atoms with Gasteiger partial charge in [0, 0.05) is 13.1 Å². The Morgan fingerprint density at radius 2 is 2.29 bits per heavy atom. The molecule has 2 rings (SSSR count). The van der Waals surface area contributed by atoms with Gasteiger partial charge in [-0.25, -0.2) is 0 Å². The van der Waals surface area contributed by atoms with Gasteiger partial charge in [0.15, 0.2) is 4.67 Å². The zero-order valence-corrected chi connectivity index (χ0v) is 11.9. The van der Waals surface area contributed by atoms with Crippen molar-refractivity contribution < 1.29 is 4.42 Å². The minimum atomic E-state index is 0.215. The molecule has 2 N–H and O–H groups in total. The number of likely N-dealkylation sites (N-methyl/N-ethyl adjacent to an activating group) is 1. The summed E-state index contributed by atoms with van der Waals surface area (Å²) in [5.41, 5.74) is 5.91. The van der Waals surface area contributed by atoms with Gasteiger partial charge in [-0.3, -0.25) is 4.90 Å². The number of furan rings is 1. The Morgan fingerprint density at radius 1 is 1.53 bits per heavy atom. The van der Waals surface area contributed by atoms with Gasteiger partial charge in [-0.2, -0.15) is 0 Å². The molecule has 3 nitrogen and oxygen atoms in total. The summed E-state index contributed by atoms with van der Waals surface area (Å²) in [5.74, 6) is 1.84. The van der Waals surface area contributed by atoms with Gasteiger partial charge < -0.3 is 10.2 Å². The molecule has 1 fully saturated rings. The summed E-state index contributed by atoms with van der Waals surface area (Å²) in [6, 6.07) is 4.17. The van der Waals surface area contributed by atoms with Gasteiger partial charge in [-0.15, -0.1) is 0 Å². The van der Waals surface area contributed by atoms with Gasteiger partial charge in [0.2, 0.25) is 0 Å². The predicted molar refractivity (Wildman–Crippen MR) is 72.8 cm³/mol. The van der Waals surface area contributed by atoms with Crippen LogP contribution >= 0.6 is 15.9 Å². The first-order chi connectivity index (χ1) is 8.24. The van der Waals surface area contributed by atoms with E-state index in [0.717, 1.165) is 29.4 Å². The van der Waals surface area contributed by atoms with E-state index in [4.69, 9.17) is 10.2 Å². The van der Waals surface area contributed by atoms with Crippen molar-refractivity contribution in [3.05, 3.63) is 22.6 Å². The van der Waals surface area contributed by atoms with E-state index in [2.05, 4.69) is 27.8 Å². The van der Waals surface area contributed by atoms with E-state index >= 15 is 0 Å². The van der Waals surface area contributed by atoms with E-state index in [1.54, 1.807) is 0 Å². The van der Waals surface area contributed by atoms with Crippen molar-refractivity contribution in [3.63, 3.8) is 0 Å². The SMILES string of the molecule is CCN(CC1CCC1)C(CN)c1ccc(Br)o1. The molecule has 1 aromatic rings. The first kappa shape index (κ1) is 13.1. The van der Waals surface area contributed by atoms with E-state index in [9.17, 15) is 0 Å². The molecule has 0 aliphatic heterocycles. The third kappa shape index (κ3) is 3.12. The molecular weight excluding hydrogens is 280 g/mol. The summed E-state index contributed by atoms with van der Waals surface area (Å²) < 4.78 is 6.43. The third-order valence-electron chi connectivity index (χ3n) is 3.71. The number of rotatable bonds is 6. The van der Waals surface area contributed by atoms with Crippen LogP contribution in [0.25, 0.3) is 0 Å². The van der Waals surface area contributed by atoms with Gasteiger partial charge in [0.25, 0.3) is 0 Å². The van der Waals surface area contributed by atoms with Crippen LogP contribution in [0.1, 0.15) is 38.0 Å². The van der Waals surface area contributed by atoms with Gasteiger partial charge in [-0.05, 0) is 53.4 Å². The Labute approximate surface area is 111 Å². The van der Waals surface area contributed by atoms with Crippen LogP contribution in [0, 0.1) is 5.92 Å². The van der Waals surface area contributed by atoms with Crippen LogP contribution in [-0.2, 0) is 0 Å². The molecule has 1 aliphatic rings. The molecule has 0 aromatic carbocycles. The monoisotopic (exact) mass is 300 g/mol. The van der Waals surface area contributed by atoms with Crippen molar-refractivity contribution in [2.24, 2.45) is 11.7 Å². The molecule has 0 spiro atoms. The number of hydrogen-bond acceptors (Lipinski definition) is 3. The summed E-state index contributed by atoms with van der Waals surface area (Å²) in [6.45, 7) is 4.98. The summed E-state index contributed by atoms with van der Waals surface area (Å²) in [4.78, 5) is 2.44. The summed E-state index contributed by atoms with van der Waals surface area (Å²) in [7, 11) is 0. The summed E-state index contributed by atoms with van der Waals surface area (Å²) in [5, 5.41) is 0. The van der Waals surface area contributed by atoms with E-state index in [1.165, 1.54) is 19.3 Å². The Kier molecular flexibility index (Phi) is 4.65. The Bertz CT molecular complexity index is 349. The lowest BCUT2D eigenvalue weighted by molar-refractivity contribution is 0.128. The number of nitrogens with zero attached hydrogens (tertiary/aromatic N) is 1. The summed E-state index contributed by atoms with van der Waals surface area (Å²) in [6.07, 6.45) is 4.13. The fourth-order valence-electron chi connectivity index (χ4n) is 2.44. The molecule has 0 bridgehead atoms. The highest BCUT2D eigenvalue weighted by Crippen LogP contribution is 2.31. The van der Waals surface area contributed by atoms with E-state index < -0.39 is 0 Å². The Hall–Kier alpha value is -0.320. The van der Waals surface area contributed by atoms with Crippen LogP contribution in [0.3, 0.4) is 0 Å². The molecule has 1 aliphatic carbocycles. The van der Waals surface area contributed by atoms with Crippen molar-refractivity contribution in [3.8, 4) is 0 Å². The average molecular weight is 301 g/mol. The standard InChI is InChI=1S/C13H21BrN2O/c1-2-16(9-10-4-3-5-10)11(8-15)12-6-7-13(14)17-12/h6-7,10-11H,2-5,8-9,15H2,1H3. The molecule has 4 heteroatoms. The topological polar surface area (TPSA) is 42.4 Å². The number of nitrogens with two attached hydrogens (primary N) is 1. The van der Waals surface area contributed by atoms with Crippen LogP contribution < -0.4 is 5.73 Å². The highest BCUT2D eigenvalue weighted by atomic mass is 79.9. The van der Waals surface area contributed by atoms with Crippen molar-refractivity contribution >= 4 is 15.9 Å². The van der Waals surface area contributed by atoms with Gasteiger partial charge in [0.1, 0.15) is 5.76 Å². The molecule has 17 heavy (non-hydrogen) atoms. The molecule has 1 aromatic heterocycles. The maximum atomic E-state index is 5.91. The van der Waals surface area contributed by atoms with Crippen LogP contribution in [-0.4, -0.2) is 24.5 Å². The third-order valence-corrected chi connectivity index (χ3v) is 4.14. The second-order valence-corrected chi connectivity index (χ2v) is 5.56.